The molecule has 27 heavy (non-hydrogen) atoms. The fourth-order valence-corrected chi connectivity index (χ4v) is 4.62. The topological polar surface area (TPSA) is 82.3 Å². The summed E-state index contributed by atoms with van der Waals surface area (Å²) >= 11 is 0. The van der Waals surface area contributed by atoms with Crippen molar-refractivity contribution in [3.63, 3.8) is 0 Å². The van der Waals surface area contributed by atoms with Crippen LogP contribution < -0.4 is 10.7 Å². The van der Waals surface area contributed by atoms with Crippen molar-refractivity contribution >= 4 is 22.7 Å². The minimum Gasteiger partial charge on any atom is -0.360 e. The molecular formula is C21H25N3O3. The maximum atomic E-state index is 12.7. The summed E-state index contributed by atoms with van der Waals surface area (Å²) in [5, 5.41) is 3.11. The van der Waals surface area contributed by atoms with Crippen LogP contribution in [0.25, 0.3) is 10.9 Å². The summed E-state index contributed by atoms with van der Waals surface area (Å²) in [5.41, 5.74) is 0.404. The number of para-hydroxylation sites is 1. The van der Waals surface area contributed by atoms with Crippen molar-refractivity contribution in [1.29, 1.82) is 0 Å². The predicted molar refractivity (Wildman–Crippen MR) is 104 cm³/mol. The number of fused-ring (bicyclic) bond motifs is 1. The van der Waals surface area contributed by atoms with Gasteiger partial charge >= 0.3 is 0 Å². The van der Waals surface area contributed by atoms with E-state index in [2.05, 4.69) is 10.3 Å². The number of aromatic nitrogens is 1. The van der Waals surface area contributed by atoms with E-state index in [1.807, 2.05) is 11.0 Å². The summed E-state index contributed by atoms with van der Waals surface area (Å²) in [7, 11) is 0. The molecular weight excluding hydrogens is 342 g/mol. The Kier molecular flexibility index (Phi) is 4.97. The van der Waals surface area contributed by atoms with Crippen molar-refractivity contribution in [1.82, 2.24) is 15.2 Å². The van der Waals surface area contributed by atoms with Crippen molar-refractivity contribution in [2.45, 2.75) is 44.6 Å². The largest absolute Gasteiger partial charge is 0.360 e. The number of nitrogens with zero attached hydrogens (tertiary/aromatic N) is 1. The first-order valence-corrected chi connectivity index (χ1v) is 9.83. The van der Waals surface area contributed by atoms with Gasteiger partial charge in [-0.15, -0.1) is 0 Å². The van der Waals surface area contributed by atoms with E-state index < -0.39 is 5.91 Å². The molecule has 1 saturated carbocycles. The number of amides is 2. The van der Waals surface area contributed by atoms with Gasteiger partial charge in [0.25, 0.3) is 5.91 Å². The first-order chi connectivity index (χ1) is 13.1. The Labute approximate surface area is 157 Å². The van der Waals surface area contributed by atoms with Crippen LogP contribution in [0.3, 0.4) is 0 Å². The minimum atomic E-state index is -0.507. The molecule has 2 aliphatic rings. The lowest BCUT2D eigenvalue weighted by atomic mass is 9.96. The number of carbonyl (C=O) groups is 2. The van der Waals surface area contributed by atoms with Crippen LogP contribution in [0.2, 0.25) is 0 Å². The highest BCUT2D eigenvalue weighted by Crippen LogP contribution is 2.35. The first-order valence-electron chi connectivity index (χ1n) is 9.83. The Morgan fingerprint density at radius 2 is 1.89 bits per heavy atom. The molecule has 2 aromatic rings. The number of carbonyl (C=O) groups excluding carboxylic acids is 2. The van der Waals surface area contributed by atoms with E-state index in [-0.39, 0.29) is 23.4 Å². The molecule has 0 unspecified atom stereocenters. The highest BCUT2D eigenvalue weighted by atomic mass is 16.2. The highest BCUT2D eigenvalue weighted by Gasteiger charge is 2.35. The monoisotopic (exact) mass is 367 g/mol. The highest BCUT2D eigenvalue weighted by molar-refractivity contribution is 5.98. The van der Waals surface area contributed by atoms with Crippen LogP contribution in [0, 0.1) is 5.92 Å². The fourth-order valence-electron chi connectivity index (χ4n) is 4.62. The summed E-state index contributed by atoms with van der Waals surface area (Å²) in [6.45, 7) is 0.709. The zero-order valence-corrected chi connectivity index (χ0v) is 15.4. The molecule has 1 saturated heterocycles. The van der Waals surface area contributed by atoms with E-state index in [1.165, 1.54) is 31.9 Å². The second-order valence-electron chi connectivity index (χ2n) is 7.60. The van der Waals surface area contributed by atoms with Crippen molar-refractivity contribution in [2.75, 3.05) is 13.1 Å². The Morgan fingerprint density at radius 1 is 1.11 bits per heavy atom. The zero-order valence-electron chi connectivity index (χ0n) is 15.4. The lowest BCUT2D eigenvalue weighted by molar-refractivity contribution is -0.131. The van der Waals surface area contributed by atoms with Crippen molar-refractivity contribution in [3.05, 3.63) is 46.2 Å². The van der Waals surface area contributed by atoms with E-state index >= 15 is 0 Å². The number of aromatic amines is 1. The molecule has 2 fully saturated rings. The summed E-state index contributed by atoms with van der Waals surface area (Å²) < 4.78 is 0. The average Bonchev–Trinajstić information content (AvgIpc) is 3.37. The van der Waals surface area contributed by atoms with Gasteiger partial charge in [0, 0.05) is 29.7 Å². The van der Waals surface area contributed by atoms with Gasteiger partial charge in [0.1, 0.15) is 5.56 Å². The quantitative estimate of drug-likeness (QED) is 0.871. The zero-order chi connectivity index (χ0) is 18.8. The van der Waals surface area contributed by atoms with E-state index in [1.54, 1.807) is 18.2 Å². The van der Waals surface area contributed by atoms with Crippen LogP contribution in [0.15, 0.2) is 35.3 Å². The van der Waals surface area contributed by atoms with E-state index in [0.29, 0.717) is 22.9 Å². The molecule has 1 atom stereocenters. The van der Waals surface area contributed by atoms with Crippen LogP contribution in [-0.2, 0) is 4.79 Å². The molecule has 1 aliphatic carbocycles. The van der Waals surface area contributed by atoms with Crippen LogP contribution in [0.5, 0.6) is 0 Å². The van der Waals surface area contributed by atoms with Crippen LogP contribution in [-0.4, -0.2) is 40.8 Å². The molecule has 1 aliphatic heterocycles. The van der Waals surface area contributed by atoms with Crippen molar-refractivity contribution in [2.24, 2.45) is 5.92 Å². The van der Waals surface area contributed by atoms with E-state index in [9.17, 15) is 14.4 Å². The Morgan fingerprint density at radius 3 is 2.70 bits per heavy atom. The third kappa shape index (κ3) is 3.48. The standard InChI is InChI=1S/C21H25N3O3/c25-19(24-11-5-10-18(24)14-6-1-2-7-14)13-23-21(27)16-12-22-17-9-4-3-8-15(17)20(16)26/h3-4,8-9,12,14,18H,1-2,5-7,10-11,13H2,(H,22,26)(H,23,27)/t18-/m0/s1. The number of H-pyrrole nitrogens is 1. The summed E-state index contributed by atoms with van der Waals surface area (Å²) in [4.78, 5) is 42.6. The van der Waals surface area contributed by atoms with Gasteiger partial charge in [-0.3, -0.25) is 14.4 Å². The smallest absolute Gasteiger partial charge is 0.257 e. The van der Waals surface area contributed by atoms with Crippen LogP contribution in [0.4, 0.5) is 0 Å². The second kappa shape index (κ2) is 7.55. The van der Waals surface area contributed by atoms with Gasteiger partial charge in [-0.05, 0) is 43.7 Å². The SMILES string of the molecule is O=C(NCC(=O)N1CCC[C@H]1C1CCCC1)c1c[nH]c2ccccc2c1=O. The molecule has 142 valence electrons. The van der Waals surface area contributed by atoms with Crippen molar-refractivity contribution < 1.29 is 9.59 Å². The van der Waals surface area contributed by atoms with Gasteiger partial charge in [-0.1, -0.05) is 25.0 Å². The van der Waals surface area contributed by atoms with E-state index in [0.717, 1.165) is 19.4 Å². The number of hydrogen-bond acceptors (Lipinski definition) is 3. The van der Waals surface area contributed by atoms with Gasteiger partial charge in [0.2, 0.25) is 11.3 Å². The fraction of sp³-hybridized carbons (Fsp3) is 0.476. The number of likely N-dealkylation sites (tertiary alicyclic amines) is 1. The molecule has 1 aromatic carbocycles. The lowest BCUT2D eigenvalue weighted by Gasteiger charge is -2.29. The minimum absolute atomic E-state index is 0.0373. The molecule has 1 aromatic heterocycles. The number of benzene rings is 1. The molecule has 4 rings (SSSR count). The second-order valence-corrected chi connectivity index (χ2v) is 7.60. The number of pyridine rings is 1. The normalized spacial score (nSPS) is 20.3. The van der Waals surface area contributed by atoms with Gasteiger partial charge in [0.05, 0.1) is 6.54 Å². The molecule has 0 radical (unpaired) electrons. The number of hydrogen-bond donors (Lipinski definition) is 2. The molecule has 2 heterocycles. The third-order valence-corrected chi connectivity index (χ3v) is 6.00. The first kappa shape index (κ1) is 17.8. The van der Waals surface area contributed by atoms with Gasteiger partial charge < -0.3 is 15.2 Å². The molecule has 0 spiro atoms. The van der Waals surface area contributed by atoms with Crippen LogP contribution >= 0.6 is 0 Å². The maximum absolute atomic E-state index is 12.7. The van der Waals surface area contributed by atoms with Gasteiger partial charge in [0.15, 0.2) is 0 Å². The lowest BCUT2D eigenvalue weighted by Crippen LogP contribution is -2.45. The molecule has 6 nitrogen and oxygen atoms in total. The summed E-state index contributed by atoms with van der Waals surface area (Å²) in [6.07, 6.45) is 8.43. The van der Waals surface area contributed by atoms with Crippen LogP contribution in [0.1, 0.15) is 48.9 Å². The average molecular weight is 367 g/mol. The number of nitrogens with one attached hydrogen (secondary N) is 2. The summed E-state index contributed by atoms with van der Waals surface area (Å²) in [6, 6.07) is 7.39. The summed E-state index contributed by atoms with van der Waals surface area (Å²) in [5.74, 6) is 0.0532. The predicted octanol–water partition coefficient (Wildman–Crippen LogP) is 2.44. The van der Waals surface area contributed by atoms with Gasteiger partial charge in [-0.25, -0.2) is 0 Å². The Hall–Kier alpha value is -2.63. The molecule has 0 bridgehead atoms. The number of rotatable bonds is 4. The molecule has 2 amide bonds. The Balaban J connectivity index is 1.42. The molecule has 2 N–H and O–H groups in total. The third-order valence-electron chi connectivity index (χ3n) is 6.00. The Bertz CT molecular complexity index is 914. The van der Waals surface area contributed by atoms with Crippen molar-refractivity contribution in [3.8, 4) is 0 Å². The molecule has 6 heteroatoms. The maximum Gasteiger partial charge on any atom is 0.257 e. The van der Waals surface area contributed by atoms with E-state index in [4.69, 9.17) is 0 Å². The van der Waals surface area contributed by atoms with Gasteiger partial charge in [-0.2, -0.15) is 0 Å².